The molecule has 6 rings (SSSR count). The highest BCUT2D eigenvalue weighted by atomic mass is 19.4. The third kappa shape index (κ3) is 10.2. The number of carbonyl (C=O) groups is 1. The van der Waals surface area contributed by atoms with Crippen molar-refractivity contribution in [1.29, 1.82) is 0 Å². The number of hydrogen-bond acceptors (Lipinski definition) is 6. The minimum atomic E-state index is -5.08. The van der Waals surface area contributed by atoms with Crippen molar-refractivity contribution in [1.82, 2.24) is 29.5 Å². The van der Waals surface area contributed by atoms with Crippen molar-refractivity contribution in [3.05, 3.63) is 143 Å². The topological polar surface area (TPSA) is 103 Å². The molecule has 0 aliphatic rings. The Hall–Kier alpha value is -6.55. The Balaban J connectivity index is 0.000000218. The molecule has 6 aromatic rings. The number of nitrogens with one attached hydrogen (secondary N) is 2. The first-order chi connectivity index (χ1) is 26.5. The summed E-state index contributed by atoms with van der Waals surface area (Å²) in [6, 6.07) is 11.8. The second-order valence-corrected chi connectivity index (χ2v) is 11.4. The number of rotatable bonds is 7. The number of pyridine rings is 2. The average Bonchev–Trinajstić information content (AvgIpc) is 3.80. The van der Waals surface area contributed by atoms with Gasteiger partial charge in [-0.25, -0.2) is 18.1 Å². The Morgan fingerprint density at radius 1 is 0.561 bits per heavy atom. The van der Waals surface area contributed by atoms with Gasteiger partial charge >= 0.3 is 24.7 Å². The molecule has 2 N–H and O–H groups in total. The Bertz CT molecular complexity index is 2330. The minimum absolute atomic E-state index is 0.0433. The zero-order valence-corrected chi connectivity index (χ0v) is 27.8. The highest BCUT2D eigenvalue weighted by Gasteiger charge is 2.43. The zero-order valence-electron chi connectivity index (χ0n) is 27.8. The molecule has 1 amide bonds. The van der Waals surface area contributed by atoms with E-state index in [0.29, 0.717) is 11.3 Å². The van der Waals surface area contributed by atoms with Gasteiger partial charge in [0.25, 0.3) is 5.91 Å². The van der Waals surface area contributed by atoms with Gasteiger partial charge in [-0.2, -0.15) is 62.9 Å². The quantitative estimate of drug-likeness (QED) is 0.156. The SMILES string of the molecule is Fc1cnccc1CNc1ccc(-n2nc(C(F)(F)F)cc2C(F)(F)F)cc1.O=C(Nc1ccc(-n2nc(C(F)(F)F)cc2C(F)(F)F)cc1)c1ccncc1F. The summed E-state index contributed by atoms with van der Waals surface area (Å²) in [7, 11) is 0. The first-order valence-electron chi connectivity index (χ1n) is 15.5. The van der Waals surface area contributed by atoms with Crippen LogP contribution in [0.15, 0.2) is 97.6 Å². The molecule has 0 aliphatic carbocycles. The van der Waals surface area contributed by atoms with Crippen LogP contribution in [0.3, 0.4) is 0 Å². The predicted octanol–water partition coefficient (Wildman–Crippen LogP) is 9.75. The molecule has 0 saturated carbocycles. The molecule has 0 radical (unpaired) electrons. The number of hydrogen-bond donors (Lipinski definition) is 2. The van der Waals surface area contributed by atoms with Gasteiger partial charge in [0.15, 0.2) is 17.2 Å². The Morgan fingerprint density at radius 3 is 1.42 bits per heavy atom. The van der Waals surface area contributed by atoms with Crippen LogP contribution in [0.4, 0.5) is 72.8 Å². The minimum Gasteiger partial charge on any atom is -0.381 e. The van der Waals surface area contributed by atoms with Crippen LogP contribution < -0.4 is 10.6 Å². The molecular formula is C34H20F14N8O. The highest BCUT2D eigenvalue weighted by Crippen LogP contribution is 2.38. The fraction of sp³-hybridized carbons (Fsp3) is 0.147. The molecule has 4 aromatic heterocycles. The first kappa shape index (κ1) is 41.6. The van der Waals surface area contributed by atoms with Crippen molar-refractivity contribution in [2.45, 2.75) is 31.2 Å². The van der Waals surface area contributed by atoms with Crippen molar-refractivity contribution in [3.63, 3.8) is 0 Å². The fourth-order valence-electron chi connectivity index (χ4n) is 4.75. The maximum absolute atomic E-state index is 13.5. The molecule has 0 saturated heterocycles. The number of alkyl halides is 12. The lowest BCUT2D eigenvalue weighted by atomic mass is 10.2. The highest BCUT2D eigenvalue weighted by molar-refractivity contribution is 6.04. The molecule has 4 heterocycles. The van der Waals surface area contributed by atoms with E-state index in [4.69, 9.17) is 0 Å². The van der Waals surface area contributed by atoms with Crippen LogP contribution in [-0.2, 0) is 31.2 Å². The summed E-state index contributed by atoms with van der Waals surface area (Å²) in [4.78, 5) is 19.1. The summed E-state index contributed by atoms with van der Waals surface area (Å²) >= 11 is 0. The Labute approximate surface area is 309 Å². The van der Waals surface area contributed by atoms with Gasteiger partial charge in [0.05, 0.1) is 29.3 Å². The number of benzene rings is 2. The predicted molar refractivity (Wildman–Crippen MR) is 171 cm³/mol. The summed E-state index contributed by atoms with van der Waals surface area (Å²) in [5, 5.41) is 11.2. The van der Waals surface area contributed by atoms with Gasteiger partial charge in [-0.05, 0) is 60.7 Å². The molecule has 23 heteroatoms. The number of nitrogens with zero attached hydrogens (tertiary/aromatic N) is 6. The lowest BCUT2D eigenvalue weighted by Crippen LogP contribution is -2.15. The number of anilines is 2. The zero-order chi connectivity index (χ0) is 41.9. The molecule has 2 aromatic carbocycles. The van der Waals surface area contributed by atoms with E-state index >= 15 is 0 Å². The van der Waals surface area contributed by atoms with Crippen LogP contribution in [-0.4, -0.2) is 35.4 Å². The maximum atomic E-state index is 13.5. The molecular weight excluding hydrogens is 802 g/mol. The van der Waals surface area contributed by atoms with E-state index in [0.717, 1.165) is 42.7 Å². The largest absolute Gasteiger partial charge is 0.435 e. The Morgan fingerprint density at radius 2 is 1.00 bits per heavy atom. The first-order valence-corrected chi connectivity index (χ1v) is 15.5. The van der Waals surface area contributed by atoms with Crippen molar-refractivity contribution < 1.29 is 66.3 Å². The smallest absolute Gasteiger partial charge is 0.381 e. The van der Waals surface area contributed by atoms with Gasteiger partial charge in [0.1, 0.15) is 17.2 Å². The standard InChI is InChI=1S/C17H9F7N4O.C17H11F7N4/c18-12-8-25-6-5-11(12)15(29)26-9-1-3-10(4-2-9)28-14(17(22,23)24)7-13(27-28)16(19,20)21;18-13-9-25-6-5-10(13)8-26-11-1-3-12(4-2-11)28-15(17(22,23)24)7-14(27-28)16(19,20)21/h1-8H,(H,26,29);1-7,9,26H,8H2. The Kier molecular flexibility index (Phi) is 11.6. The van der Waals surface area contributed by atoms with Crippen LogP contribution in [0, 0.1) is 11.6 Å². The molecule has 9 nitrogen and oxygen atoms in total. The second-order valence-electron chi connectivity index (χ2n) is 11.4. The normalized spacial score (nSPS) is 12.2. The monoisotopic (exact) mass is 822 g/mol. The van der Waals surface area contributed by atoms with Crippen molar-refractivity contribution in [3.8, 4) is 11.4 Å². The molecule has 0 atom stereocenters. The van der Waals surface area contributed by atoms with E-state index < -0.39 is 65.0 Å². The fourth-order valence-corrected chi connectivity index (χ4v) is 4.75. The lowest BCUT2D eigenvalue weighted by molar-refractivity contribution is -0.145. The van der Waals surface area contributed by atoms with Crippen LogP contribution >= 0.6 is 0 Å². The summed E-state index contributed by atoms with van der Waals surface area (Å²) in [5.41, 5.74) is -6.51. The van der Waals surface area contributed by atoms with Crippen LogP contribution in [0.1, 0.15) is 38.7 Å². The molecule has 0 aliphatic heterocycles. The van der Waals surface area contributed by atoms with Crippen LogP contribution in [0.25, 0.3) is 11.4 Å². The van der Waals surface area contributed by atoms with Crippen molar-refractivity contribution >= 4 is 17.3 Å². The van der Waals surface area contributed by atoms with Crippen molar-refractivity contribution in [2.24, 2.45) is 0 Å². The number of halogens is 14. The van der Waals surface area contributed by atoms with Crippen LogP contribution in [0.2, 0.25) is 0 Å². The summed E-state index contributed by atoms with van der Waals surface area (Å²) in [6.07, 6.45) is -15.7. The molecule has 0 fully saturated rings. The molecule has 0 spiro atoms. The van der Waals surface area contributed by atoms with Gasteiger partial charge in [-0.15, -0.1) is 0 Å². The van der Waals surface area contributed by atoms with Crippen LogP contribution in [0.5, 0.6) is 0 Å². The lowest BCUT2D eigenvalue weighted by Gasteiger charge is -2.11. The van der Waals surface area contributed by atoms with Crippen molar-refractivity contribution in [2.75, 3.05) is 10.6 Å². The number of amides is 1. The van der Waals surface area contributed by atoms with E-state index in [1.54, 1.807) is 0 Å². The third-order valence-corrected chi connectivity index (χ3v) is 7.42. The average molecular weight is 823 g/mol. The molecule has 300 valence electrons. The van der Waals surface area contributed by atoms with E-state index in [1.807, 2.05) is 0 Å². The maximum Gasteiger partial charge on any atom is 0.435 e. The summed E-state index contributed by atoms with van der Waals surface area (Å²) in [5.74, 6) is -2.25. The van der Waals surface area contributed by atoms with Gasteiger partial charge in [-0.3, -0.25) is 14.8 Å². The second kappa shape index (κ2) is 15.9. The molecule has 57 heavy (non-hydrogen) atoms. The van der Waals surface area contributed by atoms with Gasteiger partial charge < -0.3 is 10.6 Å². The van der Waals surface area contributed by atoms with E-state index in [1.165, 1.54) is 42.7 Å². The van der Waals surface area contributed by atoms with Gasteiger partial charge in [0.2, 0.25) is 0 Å². The van der Waals surface area contributed by atoms with E-state index in [2.05, 4.69) is 30.8 Å². The number of aromatic nitrogens is 6. The summed E-state index contributed by atoms with van der Waals surface area (Å²) in [6.45, 7) is 0.0848. The third-order valence-electron chi connectivity index (χ3n) is 7.42. The van der Waals surface area contributed by atoms with E-state index in [-0.39, 0.29) is 50.7 Å². The number of carbonyl (C=O) groups excluding carboxylic acids is 1. The van der Waals surface area contributed by atoms with E-state index in [9.17, 15) is 66.3 Å². The van der Waals surface area contributed by atoms with Gasteiger partial charge in [0, 0.05) is 48.0 Å². The molecule has 0 bridgehead atoms. The van der Waals surface area contributed by atoms with Gasteiger partial charge in [-0.1, -0.05) is 0 Å². The summed E-state index contributed by atoms with van der Waals surface area (Å²) < 4.78 is 182. The molecule has 0 unspecified atom stereocenters.